The number of nitrogens with one attached hydrogen (secondary N) is 1. The van der Waals surface area contributed by atoms with E-state index in [0.717, 1.165) is 38.2 Å². The van der Waals surface area contributed by atoms with E-state index in [-0.39, 0.29) is 11.8 Å². The highest BCUT2D eigenvalue weighted by Gasteiger charge is 2.25. The molecule has 0 unspecified atom stereocenters. The van der Waals surface area contributed by atoms with Crippen molar-refractivity contribution in [3.05, 3.63) is 46.8 Å². The van der Waals surface area contributed by atoms with E-state index >= 15 is 0 Å². The number of carbonyl (C=O) groups excluding carboxylic acids is 2. The van der Waals surface area contributed by atoms with Gasteiger partial charge in [-0.05, 0) is 25.5 Å². The lowest BCUT2D eigenvalue weighted by Gasteiger charge is -2.34. The molecule has 1 N–H and O–H groups in total. The zero-order valence-electron chi connectivity index (χ0n) is 18.5. The number of nitrogens with zero attached hydrogens (tertiary/aromatic N) is 4. The second-order valence-electron chi connectivity index (χ2n) is 7.78. The van der Waals surface area contributed by atoms with Crippen LogP contribution in [0.5, 0.6) is 0 Å². The SMILES string of the molecule is CCN(CC)c1nc2sc(C(=O)N3CCN(CC(=O)NCc4ccccc4)CC3)cc2s1. The van der Waals surface area contributed by atoms with Gasteiger partial charge in [0.2, 0.25) is 5.91 Å². The van der Waals surface area contributed by atoms with Gasteiger partial charge >= 0.3 is 0 Å². The number of benzene rings is 1. The van der Waals surface area contributed by atoms with Gasteiger partial charge in [-0.15, -0.1) is 11.3 Å². The minimum Gasteiger partial charge on any atom is -0.351 e. The van der Waals surface area contributed by atoms with Crippen molar-refractivity contribution >= 4 is 49.1 Å². The molecule has 3 heterocycles. The van der Waals surface area contributed by atoms with Crippen molar-refractivity contribution in [1.29, 1.82) is 0 Å². The number of hydrogen-bond acceptors (Lipinski definition) is 7. The van der Waals surface area contributed by atoms with Crippen LogP contribution in [0.3, 0.4) is 0 Å². The molecule has 1 fully saturated rings. The average molecular weight is 472 g/mol. The third-order valence-corrected chi connectivity index (χ3v) is 7.89. The Morgan fingerprint density at radius 1 is 1.06 bits per heavy atom. The highest BCUT2D eigenvalue weighted by Crippen LogP contribution is 2.35. The fourth-order valence-electron chi connectivity index (χ4n) is 3.78. The first-order chi connectivity index (χ1) is 15.6. The lowest BCUT2D eigenvalue weighted by atomic mass is 10.2. The van der Waals surface area contributed by atoms with Crippen LogP contribution in [0, 0.1) is 0 Å². The second kappa shape index (κ2) is 10.4. The predicted molar refractivity (Wildman–Crippen MR) is 132 cm³/mol. The fourth-order valence-corrected chi connectivity index (χ4v) is 6.09. The standard InChI is InChI=1S/C23H29N5O2S2/c1-3-27(4-2)23-25-21-18(32-23)14-19(31-21)22(30)28-12-10-26(11-13-28)16-20(29)24-15-17-8-6-5-7-9-17/h5-9,14H,3-4,10-13,15-16H2,1-2H3,(H,24,29). The Balaban J connectivity index is 1.27. The van der Waals surface area contributed by atoms with Crippen LogP contribution in [0.4, 0.5) is 5.13 Å². The molecular formula is C23H29N5O2S2. The Kier molecular flexibility index (Phi) is 7.39. The zero-order chi connectivity index (χ0) is 22.5. The molecule has 1 aliphatic heterocycles. The first-order valence-corrected chi connectivity index (χ1v) is 12.7. The molecule has 9 heteroatoms. The summed E-state index contributed by atoms with van der Waals surface area (Å²) in [5.41, 5.74) is 1.09. The second-order valence-corrected chi connectivity index (χ2v) is 9.82. The van der Waals surface area contributed by atoms with Crippen molar-refractivity contribution in [2.75, 3.05) is 50.7 Å². The number of thiazole rings is 1. The van der Waals surface area contributed by atoms with Gasteiger partial charge in [0.1, 0.15) is 4.83 Å². The monoisotopic (exact) mass is 471 g/mol. The first kappa shape index (κ1) is 22.7. The van der Waals surface area contributed by atoms with Gasteiger partial charge in [-0.3, -0.25) is 14.5 Å². The summed E-state index contributed by atoms with van der Waals surface area (Å²) in [5, 5.41) is 3.99. The van der Waals surface area contributed by atoms with Crippen LogP contribution >= 0.6 is 22.7 Å². The summed E-state index contributed by atoms with van der Waals surface area (Å²) < 4.78 is 1.08. The van der Waals surface area contributed by atoms with Crippen molar-refractivity contribution < 1.29 is 9.59 Å². The minimum atomic E-state index is 0.0159. The maximum atomic E-state index is 13.0. The molecule has 7 nitrogen and oxygen atoms in total. The molecule has 32 heavy (non-hydrogen) atoms. The van der Waals surface area contributed by atoms with E-state index < -0.39 is 0 Å². The van der Waals surface area contributed by atoms with Crippen LogP contribution in [-0.4, -0.2) is 72.4 Å². The smallest absolute Gasteiger partial charge is 0.264 e. The summed E-state index contributed by atoms with van der Waals surface area (Å²) in [6.07, 6.45) is 0. The van der Waals surface area contributed by atoms with Crippen molar-refractivity contribution in [1.82, 2.24) is 20.1 Å². The summed E-state index contributed by atoms with van der Waals surface area (Å²) in [6, 6.07) is 11.9. The molecule has 0 bridgehead atoms. The van der Waals surface area contributed by atoms with E-state index in [1.54, 1.807) is 11.3 Å². The molecular weight excluding hydrogens is 442 g/mol. The third kappa shape index (κ3) is 5.28. The van der Waals surface area contributed by atoms with E-state index in [1.165, 1.54) is 11.3 Å². The van der Waals surface area contributed by atoms with Gasteiger partial charge in [0.25, 0.3) is 5.91 Å². The molecule has 2 aromatic heterocycles. The largest absolute Gasteiger partial charge is 0.351 e. The summed E-state index contributed by atoms with van der Waals surface area (Å²) in [5.74, 6) is 0.0833. The van der Waals surface area contributed by atoms with Crippen LogP contribution in [0.15, 0.2) is 36.4 Å². The third-order valence-electron chi connectivity index (χ3n) is 5.68. The molecule has 3 aromatic rings. The molecule has 0 radical (unpaired) electrons. The van der Waals surface area contributed by atoms with Gasteiger partial charge < -0.3 is 15.1 Å². The van der Waals surface area contributed by atoms with Crippen molar-refractivity contribution in [2.24, 2.45) is 0 Å². The Morgan fingerprint density at radius 3 is 2.44 bits per heavy atom. The lowest BCUT2D eigenvalue weighted by Crippen LogP contribution is -2.51. The fraction of sp³-hybridized carbons (Fsp3) is 0.435. The van der Waals surface area contributed by atoms with Crippen LogP contribution in [0.2, 0.25) is 0 Å². The summed E-state index contributed by atoms with van der Waals surface area (Å²) in [6.45, 7) is 9.68. The van der Waals surface area contributed by atoms with Gasteiger partial charge in [0.05, 0.1) is 16.1 Å². The maximum Gasteiger partial charge on any atom is 0.264 e. The van der Waals surface area contributed by atoms with Crippen molar-refractivity contribution in [2.45, 2.75) is 20.4 Å². The maximum absolute atomic E-state index is 13.0. The Hall–Kier alpha value is -2.49. The Bertz CT molecular complexity index is 1020. The summed E-state index contributed by atoms with van der Waals surface area (Å²) in [4.78, 5) is 37.9. The van der Waals surface area contributed by atoms with E-state index in [1.807, 2.05) is 41.3 Å². The molecule has 1 aromatic carbocycles. The van der Waals surface area contributed by atoms with Crippen LogP contribution in [0.25, 0.3) is 9.53 Å². The number of hydrogen-bond donors (Lipinski definition) is 1. The molecule has 1 saturated heterocycles. The molecule has 2 amide bonds. The number of thiophene rings is 1. The number of piperazine rings is 1. The van der Waals surface area contributed by atoms with Crippen molar-refractivity contribution in [3.8, 4) is 0 Å². The number of fused-ring (bicyclic) bond motifs is 1. The molecule has 0 atom stereocenters. The molecule has 0 spiro atoms. The van der Waals surface area contributed by atoms with Gasteiger partial charge in [-0.1, -0.05) is 41.7 Å². The van der Waals surface area contributed by atoms with Gasteiger partial charge in [0, 0.05) is 45.8 Å². The van der Waals surface area contributed by atoms with E-state index in [4.69, 9.17) is 4.98 Å². The van der Waals surface area contributed by atoms with Crippen LogP contribution in [-0.2, 0) is 11.3 Å². The molecule has 0 saturated carbocycles. The van der Waals surface area contributed by atoms with Crippen LogP contribution < -0.4 is 10.2 Å². The van der Waals surface area contributed by atoms with Gasteiger partial charge in [0.15, 0.2) is 5.13 Å². The average Bonchev–Trinajstić information content (AvgIpc) is 3.39. The van der Waals surface area contributed by atoms with E-state index in [0.29, 0.717) is 39.3 Å². The Labute approximate surface area is 196 Å². The number of rotatable bonds is 8. The topological polar surface area (TPSA) is 68.8 Å². The quantitative estimate of drug-likeness (QED) is 0.546. The highest BCUT2D eigenvalue weighted by atomic mass is 32.1. The summed E-state index contributed by atoms with van der Waals surface area (Å²) in [7, 11) is 0. The molecule has 4 rings (SSSR count). The number of anilines is 1. The number of amides is 2. The van der Waals surface area contributed by atoms with E-state index in [9.17, 15) is 9.59 Å². The minimum absolute atomic E-state index is 0.0159. The highest BCUT2D eigenvalue weighted by molar-refractivity contribution is 7.29. The van der Waals surface area contributed by atoms with Gasteiger partial charge in [-0.25, -0.2) is 4.98 Å². The first-order valence-electron chi connectivity index (χ1n) is 11.0. The molecule has 0 aliphatic carbocycles. The van der Waals surface area contributed by atoms with E-state index in [2.05, 4.69) is 29.0 Å². The molecule has 1 aliphatic rings. The Morgan fingerprint density at radius 2 is 1.78 bits per heavy atom. The summed E-state index contributed by atoms with van der Waals surface area (Å²) >= 11 is 3.13. The number of aromatic nitrogens is 1. The van der Waals surface area contributed by atoms with Crippen molar-refractivity contribution in [3.63, 3.8) is 0 Å². The van der Waals surface area contributed by atoms with Crippen LogP contribution in [0.1, 0.15) is 29.1 Å². The number of carbonyl (C=O) groups is 2. The zero-order valence-corrected chi connectivity index (χ0v) is 20.2. The molecule has 170 valence electrons. The normalized spacial score (nSPS) is 14.6. The van der Waals surface area contributed by atoms with Gasteiger partial charge in [-0.2, -0.15) is 0 Å². The predicted octanol–water partition coefficient (Wildman–Crippen LogP) is 3.28. The lowest BCUT2D eigenvalue weighted by molar-refractivity contribution is -0.122.